The Kier molecular flexibility index (Phi) is 4.84. The Labute approximate surface area is 105 Å². The van der Waals surface area contributed by atoms with Gasteiger partial charge in [-0.15, -0.1) is 0 Å². The van der Waals surface area contributed by atoms with Crippen molar-refractivity contribution in [1.82, 2.24) is 0 Å². The number of hydrogen-bond donors (Lipinski definition) is 1. The van der Waals surface area contributed by atoms with Crippen LogP contribution in [0.2, 0.25) is 0 Å². The van der Waals surface area contributed by atoms with E-state index in [1.54, 1.807) is 0 Å². The van der Waals surface area contributed by atoms with E-state index in [2.05, 4.69) is 19.2 Å². The molecule has 0 bridgehead atoms. The predicted molar refractivity (Wildman–Crippen MR) is 68.1 cm³/mol. The van der Waals surface area contributed by atoms with Gasteiger partial charge in [-0.2, -0.15) is 12.6 Å². The van der Waals surface area contributed by atoms with Gasteiger partial charge in [0.05, 0.1) is 18.1 Å². The second kappa shape index (κ2) is 6.15. The summed E-state index contributed by atoms with van der Waals surface area (Å²) in [5.74, 6) is 1.27. The molecule has 17 heavy (non-hydrogen) atoms. The molecule has 0 saturated carbocycles. The van der Waals surface area contributed by atoms with Gasteiger partial charge in [-0.25, -0.2) is 0 Å². The Morgan fingerprint density at radius 1 is 1.53 bits per heavy atom. The maximum atomic E-state index is 10.6. The van der Waals surface area contributed by atoms with Crippen LogP contribution in [-0.2, 0) is 0 Å². The largest absolute Gasteiger partial charge is 0.493 e. The van der Waals surface area contributed by atoms with Gasteiger partial charge in [0.25, 0.3) is 5.69 Å². The second-order valence-corrected chi connectivity index (χ2v) is 3.61. The maximum absolute atomic E-state index is 10.6. The molecule has 0 aliphatic heterocycles. The van der Waals surface area contributed by atoms with Crippen molar-refractivity contribution in [3.63, 3.8) is 0 Å². The average molecular weight is 255 g/mol. The van der Waals surface area contributed by atoms with E-state index in [0.717, 1.165) is 5.57 Å². The summed E-state index contributed by atoms with van der Waals surface area (Å²) >= 11 is 4.04. The first-order valence-corrected chi connectivity index (χ1v) is 5.44. The van der Waals surface area contributed by atoms with Gasteiger partial charge in [-0.1, -0.05) is 6.58 Å². The first-order valence-electron chi connectivity index (χ1n) is 4.81. The number of thiol groups is 1. The molecule has 0 heterocycles. The third-order valence-electron chi connectivity index (χ3n) is 2.01. The van der Waals surface area contributed by atoms with E-state index in [-0.39, 0.29) is 12.3 Å². The SMILES string of the molecule is C=C(CS)COc1cc([N+](=O)[O-])ccc1OC. The number of rotatable bonds is 6. The lowest BCUT2D eigenvalue weighted by Crippen LogP contribution is -2.03. The van der Waals surface area contributed by atoms with E-state index in [9.17, 15) is 10.1 Å². The zero-order valence-electron chi connectivity index (χ0n) is 9.38. The zero-order chi connectivity index (χ0) is 12.8. The second-order valence-electron chi connectivity index (χ2n) is 3.29. The van der Waals surface area contributed by atoms with Crippen molar-refractivity contribution in [2.75, 3.05) is 19.5 Å². The minimum atomic E-state index is -0.486. The number of nitrogens with zero attached hydrogens (tertiary/aromatic N) is 1. The number of nitro benzene ring substituents is 1. The van der Waals surface area contributed by atoms with Crippen LogP contribution in [-0.4, -0.2) is 24.4 Å². The molecule has 92 valence electrons. The van der Waals surface area contributed by atoms with Crippen molar-refractivity contribution < 1.29 is 14.4 Å². The molecule has 0 aliphatic carbocycles. The van der Waals surface area contributed by atoms with Crippen LogP contribution < -0.4 is 9.47 Å². The van der Waals surface area contributed by atoms with Gasteiger partial charge < -0.3 is 9.47 Å². The fourth-order valence-corrected chi connectivity index (χ4v) is 1.21. The Hall–Kier alpha value is -1.69. The first kappa shape index (κ1) is 13.4. The van der Waals surface area contributed by atoms with Crippen LogP contribution in [0.15, 0.2) is 30.4 Å². The third kappa shape index (κ3) is 3.67. The third-order valence-corrected chi connectivity index (χ3v) is 2.46. The van der Waals surface area contributed by atoms with E-state index in [1.807, 2.05) is 0 Å². The quantitative estimate of drug-likeness (QED) is 0.367. The maximum Gasteiger partial charge on any atom is 0.273 e. The summed E-state index contributed by atoms with van der Waals surface area (Å²) in [6.07, 6.45) is 0. The highest BCUT2D eigenvalue weighted by molar-refractivity contribution is 7.80. The Morgan fingerprint density at radius 2 is 2.24 bits per heavy atom. The molecule has 0 spiro atoms. The normalized spacial score (nSPS) is 9.76. The van der Waals surface area contributed by atoms with Crippen molar-refractivity contribution in [2.24, 2.45) is 0 Å². The molecule has 0 atom stereocenters. The van der Waals surface area contributed by atoms with Gasteiger partial charge in [0.2, 0.25) is 0 Å². The van der Waals surface area contributed by atoms with Crippen LogP contribution >= 0.6 is 12.6 Å². The molecule has 1 rings (SSSR count). The number of nitro groups is 1. The molecule has 0 fully saturated rings. The van der Waals surface area contributed by atoms with Gasteiger partial charge in [0, 0.05) is 11.8 Å². The molecule has 0 N–H and O–H groups in total. The topological polar surface area (TPSA) is 61.6 Å². The van der Waals surface area contributed by atoms with E-state index in [0.29, 0.717) is 17.3 Å². The van der Waals surface area contributed by atoms with E-state index >= 15 is 0 Å². The summed E-state index contributed by atoms with van der Waals surface area (Å²) in [5, 5.41) is 10.6. The predicted octanol–water partition coefficient (Wildman–Crippen LogP) is 2.47. The minimum Gasteiger partial charge on any atom is -0.493 e. The molecule has 0 aromatic heterocycles. The highest BCUT2D eigenvalue weighted by atomic mass is 32.1. The highest BCUT2D eigenvalue weighted by Gasteiger charge is 2.12. The molecular formula is C11H13NO4S. The summed E-state index contributed by atoms with van der Waals surface area (Å²) in [4.78, 5) is 10.1. The number of ether oxygens (including phenoxy) is 2. The van der Waals surface area contributed by atoms with Gasteiger partial charge >= 0.3 is 0 Å². The molecule has 0 radical (unpaired) electrons. The highest BCUT2D eigenvalue weighted by Crippen LogP contribution is 2.31. The van der Waals surface area contributed by atoms with Gasteiger partial charge in [0.1, 0.15) is 6.61 Å². The van der Waals surface area contributed by atoms with Crippen molar-refractivity contribution in [2.45, 2.75) is 0 Å². The number of non-ortho nitro benzene ring substituents is 1. The smallest absolute Gasteiger partial charge is 0.273 e. The fraction of sp³-hybridized carbons (Fsp3) is 0.273. The minimum absolute atomic E-state index is 0.0442. The lowest BCUT2D eigenvalue weighted by molar-refractivity contribution is -0.385. The number of benzene rings is 1. The average Bonchev–Trinajstić information content (AvgIpc) is 2.35. The van der Waals surface area contributed by atoms with Crippen LogP contribution in [0.5, 0.6) is 11.5 Å². The Morgan fingerprint density at radius 3 is 2.76 bits per heavy atom. The molecule has 1 aromatic rings. The number of methoxy groups -OCH3 is 1. The van der Waals surface area contributed by atoms with Crippen LogP contribution in [0.25, 0.3) is 0 Å². The van der Waals surface area contributed by atoms with Crippen molar-refractivity contribution in [3.05, 3.63) is 40.5 Å². The van der Waals surface area contributed by atoms with E-state index in [4.69, 9.17) is 9.47 Å². The summed E-state index contributed by atoms with van der Waals surface area (Å²) in [7, 11) is 1.47. The molecule has 0 saturated heterocycles. The lowest BCUT2D eigenvalue weighted by Gasteiger charge is -2.10. The van der Waals surface area contributed by atoms with Gasteiger partial charge in [0.15, 0.2) is 11.5 Å². The monoisotopic (exact) mass is 255 g/mol. The van der Waals surface area contributed by atoms with Crippen molar-refractivity contribution in [1.29, 1.82) is 0 Å². The first-order chi connectivity index (χ1) is 8.08. The van der Waals surface area contributed by atoms with Crippen LogP contribution in [0.4, 0.5) is 5.69 Å². The Balaban J connectivity index is 2.90. The summed E-state index contributed by atoms with van der Waals surface area (Å²) < 4.78 is 10.4. The Bertz CT molecular complexity index is 433. The summed E-state index contributed by atoms with van der Waals surface area (Å²) in [5.41, 5.74) is 0.735. The molecular weight excluding hydrogens is 242 g/mol. The van der Waals surface area contributed by atoms with Crippen LogP contribution in [0, 0.1) is 10.1 Å². The standard InChI is InChI=1S/C11H13NO4S/c1-8(7-17)6-16-11-5-9(12(13)14)3-4-10(11)15-2/h3-5,17H,1,6-7H2,2H3. The van der Waals surface area contributed by atoms with E-state index < -0.39 is 4.92 Å². The fourth-order valence-electron chi connectivity index (χ4n) is 1.12. The molecule has 1 aromatic carbocycles. The number of hydrogen-bond acceptors (Lipinski definition) is 5. The zero-order valence-corrected chi connectivity index (χ0v) is 10.3. The lowest BCUT2D eigenvalue weighted by atomic mass is 10.3. The molecule has 0 amide bonds. The molecule has 5 nitrogen and oxygen atoms in total. The van der Waals surface area contributed by atoms with E-state index in [1.165, 1.54) is 25.3 Å². The van der Waals surface area contributed by atoms with Crippen molar-refractivity contribution in [3.8, 4) is 11.5 Å². The molecule has 0 aliphatic rings. The van der Waals surface area contributed by atoms with Crippen molar-refractivity contribution >= 4 is 18.3 Å². The molecule has 6 heteroatoms. The van der Waals surface area contributed by atoms with Crippen LogP contribution in [0.3, 0.4) is 0 Å². The van der Waals surface area contributed by atoms with Gasteiger partial charge in [-0.05, 0) is 11.6 Å². The van der Waals surface area contributed by atoms with Gasteiger partial charge in [-0.3, -0.25) is 10.1 Å². The summed E-state index contributed by atoms with van der Waals surface area (Å²) in [6, 6.07) is 4.18. The molecule has 0 unspecified atom stereocenters. The summed E-state index contributed by atoms with van der Waals surface area (Å²) in [6.45, 7) is 3.98. The van der Waals surface area contributed by atoms with Crippen LogP contribution in [0.1, 0.15) is 0 Å².